The normalized spacial score (nSPS) is 14.3. The van der Waals surface area contributed by atoms with Crippen molar-refractivity contribution in [2.75, 3.05) is 45.2 Å². The van der Waals surface area contributed by atoms with Crippen molar-refractivity contribution in [1.29, 1.82) is 5.26 Å². The molecule has 1 N–H and O–H groups in total. The van der Waals surface area contributed by atoms with Gasteiger partial charge in [0.25, 0.3) is 5.91 Å². The number of hydrogen-bond acceptors (Lipinski definition) is 6. The maximum Gasteiger partial charge on any atom is 0.258 e. The first-order valence-electron chi connectivity index (χ1n) is 13.1. The van der Waals surface area contributed by atoms with Gasteiger partial charge in [-0.2, -0.15) is 5.26 Å². The fraction of sp³-hybridized carbons (Fsp3) is 0.300. The second-order valence-corrected chi connectivity index (χ2v) is 9.77. The lowest BCUT2D eigenvalue weighted by atomic mass is 9.89. The van der Waals surface area contributed by atoms with Gasteiger partial charge in [-0.3, -0.25) is 19.9 Å². The summed E-state index contributed by atoms with van der Waals surface area (Å²) in [5.41, 5.74) is 2.35. The molecule has 0 spiro atoms. The Morgan fingerprint density at radius 3 is 2.35 bits per heavy atom. The number of piperidine rings is 1. The number of ketones is 1. The van der Waals surface area contributed by atoms with Crippen LogP contribution in [-0.2, 0) is 0 Å². The average molecular weight is 542 g/mol. The van der Waals surface area contributed by atoms with Crippen LogP contribution in [0.2, 0.25) is 0 Å². The van der Waals surface area contributed by atoms with Crippen LogP contribution in [0.15, 0.2) is 78.0 Å². The zero-order valence-corrected chi connectivity index (χ0v) is 22.6. The number of nitrogens with zero attached hydrogens (tertiary/aromatic N) is 6. The van der Waals surface area contributed by atoms with Crippen LogP contribution in [0.25, 0.3) is 0 Å². The van der Waals surface area contributed by atoms with Crippen molar-refractivity contribution >= 4 is 29.0 Å². The van der Waals surface area contributed by atoms with Crippen LogP contribution in [0.5, 0.6) is 0 Å². The maximum atomic E-state index is 13.6. The van der Waals surface area contributed by atoms with Crippen molar-refractivity contribution in [1.82, 2.24) is 20.1 Å². The summed E-state index contributed by atoms with van der Waals surface area (Å²) >= 11 is 0. The minimum Gasteiger partial charge on any atom is -0.348 e. The van der Waals surface area contributed by atoms with E-state index in [1.807, 2.05) is 12.3 Å². The Balaban J connectivity index is 1.40. The number of amides is 1. The number of nitriles is 1. The lowest BCUT2D eigenvalue weighted by Gasteiger charge is -2.33. The topological polar surface area (TPSA) is 105 Å². The van der Waals surface area contributed by atoms with Crippen LogP contribution < -0.4 is 10.2 Å². The highest BCUT2D eigenvalue weighted by Crippen LogP contribution is 2.23. The molecule has 2 aromatic carbocycles. The van der Waals surface area contributed by atoms with Gasteiger partial charge < -0.3 is 14.7 Å². The smallest absolute Gasteiger partial charge is 0.258 e. The summed E-state index contributed by atoms with van der Waals surface area (Å²) in [5.74, 6) is -0.152. The van der Waals surface area contributed by atoms with E-state index in [2.05, 4.69) is 20.2 Å². The van der Waals surface area contributed by atoms with Crippen LogP contribution in [0.3, 0.4) is 0 Å². The Morgan fingerprint density at radius 2 is 1.75 bits per heavy atom. The molecule has 1 fully saturated rings. The van der Waals surface area contributed by atoms with E-state index in [1.165, 1.54) is 12.1 Å². The van der Waals surface area contributed by atoms with Crippen LogP contribution in [0.4, 0.5) is 15.8 Å². The summed E-state index contributed by atoms with van der Waals surface area (Å²) < 4.78 is 13.2. The third-order valence-electron chi connectivity index (χ3n) is 6.87. The van der Waals surface area contributed by atoms with E-state index in [0.29, 0.717) is 54.4 Å². The Kier molecular flexibility index (Phi) is 9.54. The number of anilines is 1. The number of guanidine groups is 1. The summed E-state index contributed by atoms with van der Waals surface area (Å²) in [5, 5.41) is 11.5. The van der Waals surface area contributed by atoms with Gasteiger partial charge in [0.1, 0.15) is 5.82 Å². The molecule has 0 saturated carbocycles. The first-order valence-corrected chi connectivity index (χ1v) is 13.1. The first kappa shape index (κ1) is 28.4. The predicted molar refractivity (Wildman–Crippen MR) is 152 cm³/mol. The highest BCUT2D eigenvalue weighted by atomic mass is 19.1. The molecule has 10 heteroatoms. The minimum absolute atomic E-state index is 0.0562. The lowest BCUT2D eigenvalue weighted by molar-refractivity contribution is 0.0841. The van der Waals surface area contributed by atoms with E-state index in [9.17, 15) is 14.0 Å². The van der Waals surface area contributed by atoms with E-state index in [0.717, 1.165) is 13.1 Å². The molecule has 0 radical (unpaired) electrons. The number of pyridine rings is 1. The number of halogens is 1. The highest BCUT2D eigenvalue weighted by Gasteiger charge is 2.27. The molecule has 0 atom stereocenters. The van der Waals surface area contributed by atoms with Gasteiger partial charge in [-0.25, -0.2) is 9.38 Å². The van der Waals surface area contributed by atoms with Gasteiger partial charge in [0.05, 0.1) is 17.6 Å². The Bertz CT molecular complexity index is 1360. The number of carbonyl (C=O) groups excluding carboxylic acids is 2. The monoisotopic (exact) mass is 541 g/mol. The molecular formula is C30H32FN7O2. The van der Waals surface area contributed by atoms with Gasteiger partial charge in [-0.1, -0.05) is 0 Å². The van der Waals surface area contributed by atoms with E-state index < -0.39 is 0 Å². The maximum absolute atomic E-state index is 13.6. The average Bonchev–Trinajstić information content (AvgIpc) is 2.98. The van der Waals surface area contributed by atoms with Crippen molar-refractivity contribution in [2.24, 2.45) is 10.9 Å². The number of aliphatic imine (C=N–C) groups is 1. The molecule has 1 aliphatic rings. The molecule has 40 heavy (non-hydrogen) atoms. The third kappa shape index (κ3) is 7.27. The molecule has 1 aliphatic heterocycles. The zero-order valence-electron chi connectivity index (χ0n) is 22.6. The van der Waals surface area contributed by atoms with Gasteiger partial charge in [0.15, 0.2) is 12.0 Å². The largest absolute Gasteiger partial charge is 0.348 e. The summed E-state index contributed by atoms with van der Waals surface area (Å²) in [6, 6.07) is 16.3. The van der Waals surface area contributed by atoms with Crippen LogP contribution in [-0.4, -0.2) is 72.7 Å². The lowest BCUT2D eigenvalue weighted by Crippen LogP contribution is -2.43. The van der Waals surface area contributed by atoms with E-state index >= 15 is 0 Å². The molecule has 1 amide bonds. The second kappa shape index (κ2) is 13.4. The predicted octanol–water partition coefficient (Wildman–Crippen LogP) is 4.08. The Labute approximate surface area is 233 Å². The summed E-state index contributed by atoms with van der Waals surface area (Å²) in [6.45, 7) is 2.58. The molecule has 2 heterocycles. The first-order chi connectivity index (χ1) is 19.4. The number of likely N-dealkylation sites (tertiary alicyclic amines) is 1. The molecule has 1 aromatic heterocycles. The number of nitrogens with one attached hydrogen (secondary N) is 1. The number of aromatic nitrogens is 1. The molecule has 0 unspecified atom stereocenters. The van der Waals surface area contributed by atoms with Gasteiger partial charge in [-0.15, -0.1) is 0 Å². The quantitative estimate of drug-likeness (QED) is 0.151. The van der Waals surface area contributed by atoms with Crippen molar-refractivity contribution < 1.29 is 14.0 Å². The van der Waals surface area contributed by atoms with Gasteiger partial charge in [-0.05, 0) is 86.6 Å². The van der Waals surface area contributed by atoms with Gasteiger partial charge in [0.2, 0.25) is 5.96 Å². The number of hydrogen-bond donors (Lipinski definition) is 1. The Hall–Kier alpha value is -4.62. The molecule has 0 aliphatic carbocycles. The molecule has 3 aromatic rings. The molecule has 4 rings (SSSR count). The Morgan fingerprint density at radius 1 is 1.07 bits per heavy atom. The van der Waals surface area contributed by atoms with E-state index in [-0.39, 0.29) is 23.4 Å². The zero-order chi connectivity index (χ0) is 28.5. The molecule has 206 valence electrons. The van der Waals surface area contributed by atoms with Crippen LogP contribution in [0.1, 0.15) is 33.6 Å². The van der Waals surface area contributed by atoms with Crippen molar-refractivity contribution in [2.45, 2.75) is 12.8 Å². The summed E-state index contributed by atoms with van der Waals surface area (Å²) in [6.07, 6.45) is 6.64. The van der Waals surface area contributed by atoms with Crippen LogP contribution >= 0.6 is 0 Å². The molecule has 9 nitrogen and oxygen atoms in total. The second-order valence-electron chi connectivity index (χ2n) is 9.77. The van der Waals surface area contributed by atoms with Gasteiger partial charge >= 0.3 is 0 Å². The standard InChI is InChI=1S/C30H32FN7O2/c1-36(2)30(34-21-32)35-26-11-7-24(8-12-26)29(40)38(27-4-3-15-33-20-27)19-18-37-16-13-23(14-17-37)28(39)22-5-9-25(31)10-6-22/h3-12,15,20,23H,13-14,16-19H2,1-2H3,(H,34,35). The minimum atomic E-state index is -0.352. The molecular weight excluding hydrogens is 509 g/mol. The molecule has 0 bridgehead atoms. The fourth-order valence-electron chi connectivity index (χ4n) is 4.62. The summed E-state index contributed by atoms with van der Waals surface area (Å²) in [7, 11) is 3.55. The highest BCUT2D eigenvalue weighted by molar-refractivity contribution is 6.06. The molecule has 1 saturated heterocycles. The van der Waals surface area contributed by atoms with E-state index in [1.54, 1.807) is 78.8 Å². The third-order valence-corrected chi connectivity index (χ3v) is 6.87. The van der Waals surface area contributed by atoms with Crippen LogP contribution in [0, 0.1) is 23.2 Å². The number of rotatable bonds is 8. The fourth-order valence-corrected chi connectivity index (χ4v) is 4.62. The van der Waals surface area contributed by atoms with Crippen molar-refractivity contribution in [3.05, 3.63) is 90.0 Å². The summed E-state index contributed by atoms with van der Waals surface area (Å²) in [4.78, 5) is 40.7. The number of carbonyl (C=O) groups is 2. The number of benzene rings is 2. The van der Waals surface area contributed by atoms with Crippen molar-refractivity contribution in [3.8, 4) is 6.19 Å². The SMILES string of the molecule is CN(C)C(=Nc1ccc(C(=O)N(CCN2CCC(C(=O)c3ccc(F)cc3)CC2)c2cccnc2)cc1)NC#N. The number of Topliss-reactive ketones (excluding diaryl/α,β-unsaturated/α-hetero) is 1. The van der Waals surface area contributed by atoms with Gasteiger partial charge in [0, 0.05) is 50.4 Å². The van der Waals surface area contributed by atoms with E-state index in [4.69, 9.17) is 5.26 Å². The van der Waals surface area contributed by atoms with Crippen molar-refractivity contribution in [3.63, 3.8) is 0 Å².